The molecular formula is C22H43NO4. The monoisotopic (exact) mass is 385 g/mol. The number of rotatable bonds is 16. The fourth-order valence-corrected chi connectivity index (χ4v) is 3.49. The lowest BCUT2D eigenvalue weighted by Gasteiger charge is -2.32. The molecule has 5 nitrogen and oxygen atoms in total. The van der Waals surface area contributed by atoms with Gasteiger partial charge in [0.05, 0.1) is 33.0 Å². The Morgan fingerprint density at radius 3 is 2.00 bits per heavy atom. The molecule has 0 saturated carbocycles. The minimum absolute atomic E-state index is 0.130. The molecule has 0 atom stereocenters. The standard InChI is InChI=1S/C22H43NO4/c1-19(2)18-21-7-9-23(10-8-21)11-13-26-15-17-27-16-14-25-12-5-6-22(24)20(3)4/h19-21H,5-18H2,1-4H3. The van der Waals surface area contributed by atoms with E-state index in [4.69, 9.17) is 14.2 Å². The van der Waals surface area contributed by atoms with E-state index < -0.39 is 0 Å². The first kappa shape index (κ1) is 24.5. The van der Waals surface area contributed by atoms with E-state index in [9.17, 15) is 4.79 Å². The van der Waals surface area contributed by atoms with E-state index in [-0.39, 0.29) is 5.92 Å². The summed E-state index contributed by atoms with van der Waals surface area (Å²) in [6, 6.07) is 0. The zero-order chi connectivity index (χ0) is 19.9. The highest BCUT2D eigenvalue weighted by Gasteiger charge is 2.19. The predicted molar refractivity (Wildman–Crippen MR) is 110 cm³/mol. The van der Waals surface area contributed by atoms with Gasteiger partial charge in [0.2, 0.25) is 0 Å². The van der Waals surface area contributed by atoms with E-state index in [2.05, 4.69) is 18.7 Å². The van der Waals surface area contributed by atoms with Crippen LogP contribution in [0.15, 0.2) is 0 Å². The normalized spacial score (nSPS) is 16.5. The molecule has 0 aromatic heterocycles. The van der Waals surface area contributed by atoms with Gasteiger partial charge in [-0.25, -0.2) is 0 Å². The van der Waals surface area contributed by atoms with Crippen LogP contribution in [0.3, 0.4) is 0 Å². The maximum atomic E-state index is 11.5. The highest BCUT2D eigenvalue weighted by Crippen LogP contribution is 2.23. The van der Waals surface area contributed by atoms with Gasteiger partial charge in [0.25, 0.3) is 0 Å². The van der Waals surface area contributed by atoms with Crippen molar-refractivity contribution in [3.63, 3.8) is 0 Å². The minimum atomic E-state index is 0.130. The van der Waals surface area contributed by atoms with Gasteiger partial charge in [0.15, 0.2) is 0 Å². The number of ketones is 1. The van der Waals surface area contributed by atoms with Crippen LogP contribution in [0, 0.1) is 17.8 Å². The molecule has 5 heteroatoms. The summed E-state index contributed by atoms with van der Waals surface area (Å²) < 4.78 is 16.7. The van der Waals surface area contributed by atoms with Crippen LogP contribution in [0.25, 0.3) is 0 Å². The molecule has 0 N–H and O–H groups in total. The highest BCUT2D eigenvalue weighted by atomic mass is 16.5. The molecule has 1 heterocycles. The third-order valence-corrected chi connectivity index (χ3v) is 5.16. The number of carbonyl (C=O) groups excluding carboxylic acids is 1. The van der Waals surface area contributed by atoms with Gasteiger partial charge in [-0.15, -0.1) is 0 Å². The molecule has 1 saturated heterocycles. The summed E-state index contributed by atoms with van der Waals surface area (Å²) in [7, 11) is 0. The number of likely N-dealkylation sites (tertiary alicyclic amines) is 1. The van der Waals surface area contributed by atoms with E-state index in [1.54, 1.807) is 0 Å². The maximum Gasteiger partial charge on any atom is 0.135 e. The predicted octanol–water partition coefficient (Wildman–Crippen LogP) is 3.80. The molecule has 1 aliphatic heterocycles. The first-order valence-corrected chi connectivity index (χ1v) is 11.0. The Kier molecular flexibility index (Phi) is 14.0. The van der Waals surface area contributed by atoms with Gasteiger partial charge in [-0.3, -0.25) is 4.79 Å². The highest BCUT2D eigenvalue weighted by molar-refractivity contribution is 5.80. The zero-order valence-corrected chi connectivity index (χ0v) is 18.2. The Labute approximate surface area is 167 Å². The van der Waals surface area contributed by atoms with Crippen LogP contribution >= 0.6 is 0 Å². The average Bonchev–Trinajstić information content (AvgIpc) is 2.63. The second-order valence-electron chi connectivity index (χ2n) is 8.48. The first-order chi connectivity index (χ1) is 13.0. The molecule has 0 bridgehead atoms. The molecular weight excluding hydrogens is 342 g/mol. The van der Waals surface area contributed by atoms with Crippen molar-refractivity contribution in [1.29, 1.82) is 0 Å². The lowest BCUT2D eigenvalue weighted by molar-refractivity contribution is -0.122. The number of piperidine rings is 1. The van der Waals surface area contributed by atoms with Crippen molar-refractivity contribution >= 4 is 5.78 Å². The van der Waals surface area contributed by atoms with E-state index in [1.165, 1.54) is 32.4 Å². The molecule has 0 aromatic rings. The number of carbonyl (C=O) groups is 1. The average molecular weight is 386 g/mol. The van der Waals surface area contributed by atoms with Crippen molar-refractivity contribution < 1.29 is 19.0 Å². The molecule has 0 aromatic carbocycles. The van der Waals surface area contributed by atoms with Gasteiger partial charge in [-0.05, 0) is 50.6 Å². The van der Waals surface area contributed by atoms with Gasteiger partial charge in [-0.2, -0.15) is 0 Å². The Morgan fingerprint density at radius 1 is 0.889 bits per heavy atom. The number of Topliss-reactive ketones (excluding diaryl/α,β-unsaturated/α-hetero) is 1. The molecule has 1 fully saturated rings. The molecule has 1 rings (SSSR count). The molecule has 1 aliphatic rings. The maximum absolute atomic E-state index is 11.5. The third kappa shape index (κ3) is 13.3. The van der Waals surface area contributed by atoms with Crippen molar-refractivity contribution in [3.8, 4) is 0 Å². The fraction of sp³-hybridized carbons (Fsp3) is 0.955. The Bertz CT molecular complexity index is 365. The third-order valence-electron chi connectivity index (χ3n) is 5.16. The number of hydrogen-bond donors (Lipinski definition) is 0. The van der Waals surface area contributed by atoms with Gasteiger partial charge in [-0.1, -0.05) is 27.7 Å². The fourth-order valence-electron chi connectivity index (χ4n) is 3.49. The van der Waals surface area contributed by atoms with Crippen LogP contribution < -0.4 is 0 Å². The largest absolute Gasteiger partial charge is 0.379 e. The van der Waals surface area contributed by atoms with E-state index >= 15 is 0 Å². The van der Waals surface area contributed by atoms with Crippen LogP contribution in [0.2, 0.25) is 0 Å². The molecule has 27 heavy (non-hydrogen) atoms. The first-order valence-electron chi connectivity index (χ1n) is 11.0. The Morgan fingerprint density at radius 2 is 1.44 bits per heavy atom. The summed E-state index contributed by atoms with van der Waals surface area (Å²) in [5.74, 6) is 2.19. The van der Waals surface area contributed by atoms with Gasteiger partial charge in [0.1, 0.15) is 5.78 Å². The quantitative estimate of drug-likeness (QED) is 0.378. The van der Waals surface area contributed by atoms with Crippen molar-refractivity contribution in [2.75, 3.05) is 59.3 Å². The SMILES string of the molecule is CC(C)CC1CCN(CCOCCOCCOCCCC(=O)C(C)C)CC1. The summed E-state index contributed by atoms with van der Waals surface area (Å²) in [4.78, 5) is 14.0. The topological polar surface area (TPSA) is 48.0 Å². The summed E-state index contributed by atoms with van der Waals surface area (Å²) in [5, 5.41) is 0. The lowest BCUT2D eigenvalue weighted by atomic mass is 9.89. The van der Waals surface area contributed by atoms with Gasteiger partial charge >= 0.3 is 0 Å². The van der Waals surface area contributed by atoms with Crippen LogP contribution in [0.5, 0.6) is 0 Å². The Hall–Kier alpha value is -0.490. The van der Waals surface area contributed by atoms with E-state index in [0.717, 1.165) is 31.4 Å². The zero-order valence-electron chi connectivity index (χ0n) is 18.2. The van der Waals surface area contributed by atoms with Crippen molar-refractivity contribution in [3.05, 3.63) is 0 Å². The second kappa shape index (κ2) is 15.4. The smallest absolute Gasteiger partial charge is 0.135 e. The summed E-state index contributed by atoms with van der Waals surface area (Å²) in [6.07, 6.45) is 5.47. The van der Waals surface area contributed by atoms with Crippen molar-refractivity contribution in [2.45, 2.75) is 59.8 Å². The van der Waals surface area contributed by atoms with Crippen LogP contribution in [-0.4, -0.2) is 70.0 Å². The number of ether oxygens (including phenoxy) is 3. The van der Waals surface area contributed by atoms with Gasteiger partial charge < -0.3 is 19.1 Å². The molecule has 0 radical (unpaired) electrons. The van der Waals surface area contributed by atoms with Crippen LogP contribution in [0.4, 0.5) is 0 Å². The van der Waals surface area contributed by atoms with Gasteiger partial charge in [0, 0.05) is 25.5 Å². The van der Waals surface area contributed by atoms with E-state index in [1.807, 2.05) is 13.8 Å². The number of nitrogens with zero attached hydrogens (tertiary/aromatic N) is 1. The summed E-state index contributed by atoms with van der Waals surface area (Å²) in [5.41, 5.74) is 0. The Balaban J connectivity index is 1.80. The van der Waals surface area contributed by atoms with Crippen LogP contribution in [0.1, 0.15) is 59.8 Å². The summed E-state index contributed by atoms with van der Waals surface area (Å²) >= 11 is 0. The minimum Gasteiger partial charge on any atom is -0.379 e. The number of hydrogen-bond acceptors (Lipinski definition) is 5. The van der Waals surface area contributed by atoms with E-state index in [0.29, 0.717) is 45.2 Å². The van der Waals surface area contributed by atoms with Crippen molar-refractivity contribution in [2.24, 2.45) is 17.8 Å². The molecule has 0 spiro atoms. The van der Waals surface area contributed by atoms with Crippen molar-refractivity contribution in [1.82, 2.24) is 4.90 Å². The van der Waals surface area contributed by atoms with Crippen LogP contribution in [-0.2, 0) is 19.0 Å². The molecule has 0 aliphatic carbocycles. The second-order valence-corrected chi connectivity index (χ2v) is 8.48. The summed E-state index contributed by atoms with van der Waals surface area (Å²) in [6.45, 7) is 15.9. The molecule has 0 amide bonds. The lowest BCUT2D eigenvalue weighted by Crippen LogP contribution is -2.36. The molecule has 160 valence electrons. The molecule has 0 unspecified atom stereocenters.